The molecule has 0 saturated carbocycles. The molecule has 0 bridgehead atoms. The van der Waals surface area contributed by atoms with Crippen molar-refractivity contribution in [2.24, 2.45) is 13.0 Å². The van der Waals surface area contributed by atoms with Crippen molar-refractivity contribution in [3.05, 3.63) is 22.2 Å². The minimum absolute atomic E-state index is 0.0594. The van der Waals surface area contributed by atoms with Crippen LogP contribution in [0.1, 0.15) is 33.3 Å². The molecule has 1 aromatic heterocycles. The van der Waals surface area contributed by atoms with E-state index in [0.29, 0.717) is 5.56 Å². The van der Waals surface area contributed by atoms with Crippen molar-refractivity contribution in [3.8, 4) is 11.8 Å². The number of carbonyl (C=O) groups excluding carboxylic acids is 1. The van der Waals surface area contributed by atoms with Gasteiger partial charge in [0, 0.05) is 19.2 Å². The Balaban J connectivity index is 0.00000172. The number of rotatable bonds is 2. The summed E-state index contributed by atoms with van der Waals surface area (Å²) in [7, 11) is 1.57. The van der Waals surface area contributed by atoms with Gasteiger partial charge in [0.15, 0.2) is 0 Å². The van der Waals surface area contributed by atoms with Crippen LogP contribution in [0.15, 0.2) is 11.0 Å². The Morgan fingerprint density at radius 1 is 1.50 bits per heavy atom. The molecular weight excluding hydrogens is 256 g/mol. The maximum absolute atomic E-state index is 11.3. The minimum atomic E-state index is -0.425. The van der Waals surface area contributed by atoms with Gasteiger partial charge < -0.3 is 15.6 Å². The van der Waals surface area contributed by atoms with Crippen LogP contribution in [-0.4, -0.2) is 22.0 Å². The maximum atomic E-state index is 11.3. The SMILES string of the molecule is CC.CC(C)C(=O)NCC#Cc1cn(C)c(=O)nc1N. The van der Waals surface area contributed by atoms with Crippen LogP contribution >= 0.6 is 0 Å². The lowest BCUT2D eigenvalue weighted by Crippen LogP contribution is -2.27. The monoisotopic (exact) mass is 278 g/mol. The molecule has 3 N–H and O–H groups in total. The van der Waals surface area contributed by atoms with E-state index >= 15 is 0 Å². The highest BCUT2D eigenvalue weighted by molar-refractivity contribution is 5.78. The van der Waals surface area contributed by atoms with Gasteiger partial charge in [-0.1, -0.05) is 39.5 Å². The first-order valence-corrected chi connectivity index (χ1v) is 6.51. The molecule has 0 aromatic carbocycles. The molecule has 20 heavy (non-hydrogen) atoms. The summed E-state index contributed by atoms with van der Waals surface area (Å²) >= 11 is 0. The van der Waals surface area contributed by atoms with E-state index in [1.165, 1.54) is 10.8 Å². The van der Waals surface area contributed by atoms with E-state index < -0.39 is 5.69 Å². The third kappa shape index (κ3) is 5.57. The molecule has 0 saturated heterocycles. The lowest BCUT2D eigenvalue weighted by molar-refractivity contribution is -0.123. The van der Waals surface area contributed by atoms with Crippen LogP contribution in [0, 0.1) is 17.8 Å². The molecule has 6 heteroatoms. The number of hydrogen-bond acceptors (Lipinski definition) is 4. The molecule has 1 rings (SSSR count). The lowest BCUT2D eigenvalue weighted by Gasteiger charge is -2.03. The number of hydrogen-bond donors (Lipinski definition) is 2. The first-order valence-electron chi connectivity index (χ1n) is 6.51. The van der Waals surface area contributed by atoms with Gasteiger partial charge in [0.1, 0.15) is 5.82 Å². The second-order valence-corrected chi connectivity index (χ2v) is 4.11. The van der Waals surface area contributed by atoms with Crippen LogP contribution in [0.3, 0.4) is 0 Å². The Hall–Kier alpha value is -2.29. The minimum Gasteiger partial charge on any atom is -0.382 e. The van der Waals surface area contributed by atoms with Gasteiger partial charge in [-0.15, -0.1) is 0 Å². The number of nitrogens with zero attached hydrogens (tertiary/aromatic N) is 2. The van der Waals surface area contributed by atoms with Crippen molar-refractivity contribution in [1.29, 1.82) is 0 Å². The molecule has 6 nitrogen and oxygen atoms in total. The van der Waals surface area contributed by atoms with E-state index in [1.807, 2.05) is 13.8 Å². The van der Waals surface area contributed by atoms with E-state index in [-0.39, 0.29) is 24.2 Å². The molecule has 0 aliphatic heterocycles. The molecular formula is C14H22N4O2. The fraction of sp³-hybridized carbons (Fsp3) is 0.500. The summed E-state index contributed by atoms with van der Waals surface area (Å²) in [5.74, 6) is 5.49. The quantitative estimate of drug-likeness (QED) is 0.771. The first-order chi connectivity index (χ1) is 9.41. The van der Waals surface area contributed by atoms with E-state index in [0.717, 1.165) is 0 Å². The Bertz CT molecular complexity index is 565. The molecule has 110 valence electrons. The highest BCUT2D eigenvalue weighted by atomic mass is 16.2. The number of nitrogens with one attached hydrogen (secondary N) is 1. The number of aromatic nitrogens is 2. The fourth-order valence-electron chi connectivity index (χ4n) is 1.13. The van der Waals surface area contributed by atoms with Gasteiger partial charge in [0.2, 0.25) is 5.91 Å². The van der Waals surface area contributed by atoms with Crippen molar-refractivity contribution in [2.45, 2.75) is 27.7 Å². The summed E-state index contributed by atoms with van der Waals surface area (Å²) < 4.78 is 1.30. The van der Waals surface area contributed by atoms with E-state index in [1.54, 1.807) is 20.9 Å². The summed E-state index contributed by atoms with van der Waals surface area (Å²) in [6.07, 6.45) is 1.52. The number of aryl methyl sites for hydroxylation is 1. The number of carbonyl (C=O) groups is 1. The second kappa shape index (κ2) is 8.75. The smallest absolute Gasteiger partial charge is 0.349 e. The third-order valence-electron chi connectivity index (χ3n) is 2.21. The van der Waals surface area contributed by atoms with Crippen LogP contribution in [0.4, 0.5) is 5.82 Å². The molecule has 0 radical (unpaired) electrons. The Morgan fingerprint density at radius 3 is 2.65 bits per heavy atom. The van der Waals surface area contributed by atoms with Crippen LogP contribution < -0.4 is 16.7 Å². The van der Waals surface area contributed by atoms with Gasteiger partial charge in [-0.2, -0.15) is 4.98 Å². The lowest BCUT2D eigenvalue weighted by atomic mass is 10.2. The molecule has 0 spiro atoms. The molecule has 0 atom stereocenters. The van der Waals surface area contributed by atoms with Crippen LogP contribution in [0.5, 0.6) is 0 Å². The van der Waals surface area contributed by atoms with Gasteiger partial charge in [-0.3, -0.25) is 4.79 Å². The molecule has 0 unspecified atom stereocenters. The molecule has 0 aliphatic carbocycles. The molecule has 1 amide bonds. The Kier molecular flexibility index (Phi) is 7.75. The summed E-state index contributed by atoms with van der Waals surface area (Å²) in [6.45, 7) is 7.84. The summed E-state index contributed by atoms with van der Waals surface area (Å²) in [4.78, 5) is 26.0. The average Bonchev–Trinajstić information content (AvgIpc) is 2.42. The van der Waals surface area contributed by atoms with E-state index in [4.69, 9.17) is 5.73 Å². The Morgan fingerprint density at radius 2 is 2.10 bits per heavy atom. The molecule has 1 aromatic rings. The number of nitrogens with two attached hydrogens (primary N) is 1. The van der Waals surface area contributed by atoms with Crippen molar-refractivity contribution >= 4 is 11.7 Å². The normalized spacial score (nSPS) is 9.10. The zero-order chi connectivity index (χ0) is 15.7. The molecule has 0 aliphatic rings. The maximum Gasteiger partial charge on any atom is 0.349 e. The van der Waals surface area contributed by atoms with Gasteiger partial charge >= 0.3 is 5.69 Å². The number of amides is 1. The predicted molar refractivity (Wildman–Crippen MR) is 80.0 cm³/mol. The molecule has 1 heterocycles. The average molecular weight is 278 g/mol. The van der Waals surface area contributed by atoms with Crippen LogP contribution in [0.2, 0.25) is 0 Å². The number of nitrogen functional groups attached to an aromatic ring is 1. The highest BCUT2D eigenvalue weighted by Gasteiger charge is 2.04. The van der Waals surface area contributed by atoms with Gasteiger partial charge in [-0.25, -0.2) is 4.79 Å². The predicted octanol–water partition coefficient (Wildman–Crippen LogP) is 0.512. The van der Waals surface area contributed by atoms with Gasteiger partial charge in [0.25, 0.3) is 0 Å². The highest BCUT2D eigenvalue weighted by Crippen LogP contribution is 2.01. The number of anilines is 1. The van der Waals surface area contributed by atoms with Crippen molar-refractivity contribution in [1.82, 2.24) is 14.9 Å². The summed E-state index contributed by atoms with van der Waals surface area (Å²) in [5, 5.41) is 2.66. The van der Waals surface area contributed by atoms with Crippen LogP contribution in [0.25, 0.3) is 0 Å². The Labute approximate surface area is 119 Å². The fourth-order valence-corrected chi connectivity index (χ4v) is 1.13. The van der Waals surface area contributed by atoms with Crippen molar-refractivity contribution < 1.29 is 4.79 Å². The third-order valence-corrected chi connectivity index (χ3v) is 2.21. The largest absolute Gasteiger partial charge is 0.382 e. The zero-order valence-electron chi connectivity index (χ0n) is 12.7. The summed E-state index contributed by atoms with van der Waals surface area (Å²) in [6, 6.07) is 0. The second-order valence-electron chi connectivity index (χ2n) is 4.11. The summed E-state index contributed by atoms with van der Waals surface area (Å²) in [5.41, 5.74) is 5.61. The topological polar surface area (TPSA) is 90.0 Å². The van der Waals surface area contributed by atoms with Gasteiger partial charge in [-0.05, 0) is 0 Å². The van der Waals surface area contributed by atoms with Gasteiger partial charge in [0.05, 0.1) is 12.1 Å². The van der Waals surface area contributed by atoms with Crippen molar-refractivity contribution in [3.63, 3.8) is 0 Å². The first kappa shape index (κ1) is 17.7. The standard InChI is InChI=1S/C12H16N4O2.C2H6/c1-8(2)11(17)14-6-4-5-9-7-16(3)12(18)15-10(9)13;1-2/h7-8H,6H2,1-3H3,(H,14,17)(H2,13,15,18);1-2H3. The van der Waals surface area contributed by atoms with E-state index in [2.05, 4.69) is 22.1 Å². The van der Waals surface area contributed by atoms with E-state index in [9.17, 15) is 9.59 Å². The van der Waals surface area contributed by atoms with Crippen LogP contribution in [-0.2, 0) is 11.8 Å². The van der Waals surface area contributed by atoms with Crippen molar-refractivity contribution in [2.75, 3.05) is 12.3 Å². The zero-order valence-corrected chi connectivity index (χ0v) is 12.7. The molecule has 0 fully saturated rings.